The third kappa shape index (κ3) is 7.84. The predicted octanol–water partition coefficient (Wildman–Crippen LogP) is 13.0. The summed E-state index contributed by atoms with van der Waals surface area (Å²) in [4.78, 5) is 55.3. The maximum absolute atomic E-state index is 15.4. The highest BCUT2D eigenvalue weighted by Gasteiger charge is 2.48. The number of benzene rings is 4. The molecule has 2 saturated carbocycles. The number of hydrogen-bond donors (Lipinski definition) is 2. The van der Waals surface area contributed by atoms with Gasteiger partial charge in [-0.1, -0.05) is 117 Å². The molecule has 4 aromatic carbocycles. The standard InChI is InChI=1S/2C25H27F3N2O2/c1-12(2)15-10-7-11-16(13(3)4)23(15)30-24(31)17-18(25(30)32)22(21(28)20(27)19(17)26)29-14-8-5-6-9-14;1-12(2)15-10-7-11-16(13(3)4)23(15)30-24(31)17-18(25(30)32)20(27)22(21(28)19(17)26)29-14-8-5-6-9-14/h2*7,10-14,29H,5-6,8-9H2,1-4H3. The van der Waals surface area contributed by atoms with Gasteiger partial charge in [-0.3, -0.25) is 19.2 Å². The van der Waals surface area contributed by atoms with Crippen molar-refractivity contribution in [3.8, 4) is 0 Å². The van der Waals surface area contributed by atoms with Gasteiger partial charge >= 0.3 is 0 Å². The highest BCUT2D eigenvalue weighted by molar-refractivity contribution is 6.37. The van der Waals surface area contributed by atoms with Crippen LogP contribution in [0, 0.1) is 34.9 Å². The molecule has 4 amide bonds. The Morgan fingerprint density at radius 2 is 0.719 bits per heavy atom. The SMILES string of the molecule is CC(C)c1cccc(C(C)C)c1N1C(=O)c2c(F)c(F)c(F)c(NC3CCCC3)c2C1=O.CC(C)c1cccc(C(C)C)c1N1C(=O)c2c(F)c(F)c(NC3CCCC3)c(F)c2C1=O. The molecule has 0 spiro atoms. The van der Waals surface area contributed by atoms with Crippen LogP contribution in [0.2, 0.25) is 0 Å². The van der Waals surface area contributed by atoms with Gasteiger partial charge in [-0.2, -0.15) is 0 Å². The Bertz CT molecular complexity index is 2500. The zero-order chi connectivity index (χ0) is 46.6. The van der Waals surface area contributed by atoms with E-state index in [0.717, 1.165) is 59.5 Å². The van der Waals surface area contributed by atoms with Crippen LogP contribution < -0.4 is 20.4 Å². The van der Waals surface area contributed by atoms with Gasteiger partial charge in [0, 0.05) is 12.1 Å². The molecule has 0 radical (unpaired) electrons. The first-order chi connectivity index (χ1) is 30.3. The van der Waals surface area contributed by atoms with Crippen LogP contribution in [0.1, 0.15) is 194 Å². The largest absolute Gasteiger partial charge is 0.379 e. The first kappa shape index (κ1) is 46.3. The van der Waals surface area contributed by atoms with Gasteiger partial charge in [-0.15, -0.1) is 0 Å². The number of para-hydroxylation sites is 2. The van der Waals surface area contributed by atoms with Crippen molar-refractivity contribution >= 4 is 46.4 Å². The molecule has 4 aliphatic rings. The van der Waals surface area contributed by atoms with Crippen LogP contribution >= 0.6 is 0 Å². The Kier molecular flexibility index (Phi) is 13.1. The van der Waals surface area contributed by atoms with E-state index >= 15 is 8.78 Å². The predicted molar refractivity (Wildman–Crippen MR) is 236 cm³/mol. The van der Waals surface area contributed by atoms with Crippen molar-refractivity contribution in [1.29, 1.82) is 0 Å². The minimum Gasteiger partial charge on any atom is -0.379 e. The Morgan fingerprint density at radius 1 is 0.422 bits per heavy atom. The van der Waals surface area contributed by atoms with E-state index in [9.17, 15) is 36.7 Å². The summed E-state index contributed by atoms with van der Waals surface area (Å²) in [7, 11) is 0. The molecule has 340 valence electrons. The lowest BCUT2D eigenvalue weighted by Crippen LogP contribution is -2.32. The number of carbonyl (C=O) groups is 4. The summed E-state index contributed by atoms with van der Waals surface area (Å²) in [6.45, 7) is 15.3. The fourth-order valence-electron chi connectivity index (χ4n) is 9.53. The number of halogens is 6. The van der Waals surface area contributed by atoms with Crippen molar-refractivity contribution in [3.63, 3.8) is 0 Å². The number of imide groups is 2. The van der Waals surface area contributed by atoms with Gasteiger partial charge in [0.05, 0.1) is 39.3 Å². The summed E-state index contributed by atoms with van der Waals surface area (Å²) in [6.07, 6.45) is 6.52. The molecule has 2 N–H and O–H groups in total. The third-order valence-corrected chi connectivity index (χ3v) is 12.9. The summed E-state index contributed by atoms with van der Waals surface area (Å²) < 4.78 is 89.5. The molecule has 2 aliphatic carbocycles. The average Bonchev–Trinajstić information content (AvgIpc) is 4.06. The van der Waals surface area contributed by atoms with Crippen LogP contribution in [-0.2, 0) is 0 Å². The summed E-state index contributed by atoms with van der Waals surface area (Å²) in [5, 5.41) is 5.62. The van der Waals surface area contributed by atoms with Crippen molar-refractivity contribution in [2.24, 2.45) is 0 Å². The van der Waals surface area contributed by atoms with Crippen LogP contribution in [0.4, 0.5) is 49.1 Å². The van der Waals surface area contributed by atoms with Crippen LogP contribution in [0.15, 0.2) is 36.4 Å². The molecule has 8 nitrogen and oxygen atoms in total. The normalized spacial score (nSPS) is 16.6. The number of nitrogens with one attached hydrogen (secondary N) is 2. The minimum atomic E-state index is -1.74. The molecule has 2 heterocycles. The summed E-state index contributed by atoms with van der Waals surface area (Å²) >= 11 is 0. The fourth-order valence-corrected chi connectivity index (χ4v) is 9.53. The zero-order valence-corrected chi connectivity index (χ0v) is 37.4. The Morgan fingerprint density at radius 3 is 1.09 bits per heavy atom. The molecule has 14 heteroatoms. The number of carbonyl (C=O) groups excluding carboxylic acids is 4. The van der Waals surface area contributed by atoms with Gasteiger partial charge in [0.25, 0.3) is 23.6 Å². The van der Waals surface area contributed by atoms with Gasteiger partial charge in [-0.05, 0) is 71.6 Å². The zero-order valence-electron chi connectivity index (χ0n) is 37.4. The van der Waals surface area contributed by atoms with E-state index < -0.39 is 92.2 Å². The fraction of sp³-hybridized carbons (Fsp3) is 0.440. The number of fused-ring (bicyclic) bond motifs is 2. The van der Waals surface area contributed by atoms with Crippen molar-refractivity contribution in [1.82, 2.24) is 0 Å². The van der Waals surface area contributed by atoms with Crippen molar-refractivity contribution < 1.29 is 45.5 Å². The lowest BCUT2D eigenvalue weighted by molar-refractivity contribution is 0.0908. The van der Waals surface area contributed by atoms with E-state index in [4.69, 9.17) is 0 Å². The second kappa shape index (κ2) is 18.1. The molecule has 0 saturated heterocycles. The highest BCUT2D eigenvalue weighted by atomic mass is 19.2. The molecule has 0 bridgehead atoms. The summed E-state index contributed by atoms with van der Waals surface area (Å²) in [6, 6.07) is 10.5. The molecule has 4 aromatic rings. The molecule has 0 atom stereocenters. The van der Waals surface area contributed by atoms with Crippen LogP contribution in [0.25, 0.3) is 0 Å². The second-order valence-electron chi connectivity index (χ2n) is 18.5. The molecule has 0 unspecified atom stereocenters. The van der Waals surface area contributed by atoms with E-state index in [-0.39, 0.29) is 35.8 Å². The van der Waals surface area contributed by atoms with Gasteiger partial charge in [0.15, 0.2) is 34.9 Å². The van der Waals surface area contributed by atoms with Crippen molar-refractivity contribution in [2.75, 3.05) is 20.4 Å². The second-order valence-corrected chi connectivity index (χ2v) is 18.5. The topological polar surface area (TPSA) is 98.8 Å². The van der Waals surface area contributed by atoms with Crippen molar-refractivity contribution in [2.45, 2.75) is 143 Å². The van der Waals surface area contributed by atoms with Gasteiger partial charge in [0.1, 0.15) is 5.69 Å². The Hall–Kier alpha value is -5.66. The monoisotopic (exact) mass is 888 g/mol. The molecule has 0 aromatic heterocycles. The smallest absolute Gasteiger partial charge is 0.269 e. The maximum Gasteiger partial charge on any atom is 0.269 e. The van der Waals surface area contributed by atoms with Crippen LogP contribution in [-0.4, -0.2) is 35.7 Å². The maximum atomic E-state index is 15.4. The quantitative estimate of drug-likeness (QED) is 0.0712. The summed E-state index contributed by atoms with van der Waals surface area (Å²) in [5.74, 6) is -13.0. The Labute approximate surface area is 369 Å². The molecule has 2 fully saturated rings. The van der Waals surface area contributed by atoms with E-state index in [1.54, 1.807) is 12.1 Å². The molecule has 64 heavy (non-hydrogen) atoms. The number of hydrogen-bond acceptors (Lipinski definition) is 6. The van der Waals surface area contributed by atoms with Crippen molar-refractivity contribution in [3.05, 3.63) is 116 Å². The number of amides is 4. The van der Waals surface area contributed by atoms with Crippen LogP contribution in [0.3, 0.4) is 0 Å². The van der Waals surface area contributed by atoms with Gasteiger partial charge in [0.2, 0.25) is 0 Å². The number of anilines is 4. The molecule has 8 rings (SSSR count). The van der Waals surface area contributed by atoms with Gasteiger partial charge in [-0.25, -0.2) is 36.1 Å². The lowest BCUT2D eigenvalue weighted by atomic mass is 9.92. The average molecular weight is 889 g/mol. The third-order valence-electron chi connectivity index (χ3n) is 12.9. The Balaban J connectivity index is 0.000000191. The minimum absolute atomic E-state index is 0.0394. The molecular weight excluding hydrogens is 835 g/mol. The number of rotatable bonds is 10. The first-order valence-electron chi connectivity index (χ1n) is 22.3. The van der Waals surface area contributed by atoms with Crippen LogP contribution in [0.5, 0.6) is 0 Å². The van der Waals surface area contributed by atoms with E-state index in [0.29, 0.717) is 35.3 Å². The lowest BCUT2D eigenvalue weighted by Gasteiger charge is -2.25. The van der Waals surface area contributed by atoms with E-state index in [1.807, 2.05) is 79.7 Å². The first-order valence-corrected chi connectivity index (χ1v) is 22.3. The van der Waals surface area contributed by atoms with E-state index in [2.05, 4.69) is 10.6 Å². The molecular formula is C50H54F6N4O4. The summed E-state index contributed by atoms with van der Waals surface area (Å²) in [5.41, 5.74) is -0.185. The van der Waals surface area contributed by atoms with Gasteiger partial charge < -0.3 is 10.6 Å². The highest BCUT2D eigenvalue weighted by Crippen LogP contribution is 2.45. The van der Waals surface area contributed by atoms with E-state index in [1.165, 1.54) is 0 Å². The molecule has 2 aliphatic heterocycles. The number of nitrogens with zero attached hydrogens (tertiary/aromatic N) is 2.